The minimum Gasteiger partial charge on any atom is -0.507 e. The molecule has 0 spiro atoms. The molecule has 0 fully saturated rings. The number of benzene rings is 3. The molecule has 2 N–H and O–H groups in total. The van der Waals surface area contributed by atoms with E-state index in [1.807, 2.05) is 36.4 Å². The van der Waals surface area contributed by atoms with Gasteiger partial charge in [-0.25, -0.2) is 0 Å². The lowest BCUT2D eigenvalue weighted by atomic mass is 10.2. The molecule has 5 heteroatoms. The largest absolute Gasteiger partial charge is 0.507 e. The van der Waals surface area contributed by atoms with Gasteiger partial charge in [-0.05, 0) is 42.0 Å². The van der Waals surface area contributed by atoms with Crippen LogP contribution in [0.25, 0.3) is 0 Å². The van der Waals surface area contributed by atoms with Crippen LogP contribution in [0.3, 0.4) is 0 Å². The monoisotopic (exact) mass is 361 g/mol. The number of nitrogens with zero attached hydrogens (tertiary/aromatic N) is 2. The van der Waals surface area contributed by atoms with Gasteiger partial charge in [0.15, 0.2) is 0 Å². The molecular weight excluding hydrogens is 342 g/mol. The average molecular weight is 361 g/mol. The molecule has 0 aromatic heterocycles. The molecule has 0 bridgehead atoms. The van der Waals surface area contributed by atoms with Crippen LogP contribution in [-0.2, 0) is 0 Å². The van der Waals surface area contributed by atoms with Gasteiger partial charge < -0.3 is 10.0 Å². The van der Waals surface area contributed by atoms with Crippen LogP contribution in [0, 0.1) is 0 Å². The molecule has 0 radical (unpaired) electrons. The lowest BCUT2D eigenvalue weighted by Gasteiger charge is -2.20. The normalized spacial score (nSPS) is 16.0. The Kier molecular flexibility index (Phi) is 4.54. The van der Waals surface area contributed by atoms with E-state index in [-0.39, 0.29) is 11.1 Å². The Morgan fingerprint density at radius 2 is 1.54 bits per heavy atom. The number of nitrogens with one attached hydrogen (secondary N) is 1. The van der Waals surface area contributed by atoms with Crippen molar-refractivity contribution in [3.05, 3.63) is 90.0 Å². The maximum Gasteiger partial charge on any atom is 0.129 e. The maximum atomic E-state index is 10.0. The number of hydrogen-bond acceptors (Lipinski definition) is 5. The van der Waals surface area contributed by atoms with Crippen molar-refractivity contribution >= 4 is 28.2 Å². The number of hydrazone groups is 1. The van der Waals surface area contributed by atoms with Crippen LogP contribution in [0.2, 0.25) is 0 Å². The highest BCUT2D eigenvalue weighted by atomic mass is 32.2. The lowest BCUT2D eigenvalue weighted by molar-refractivity contribution is 0.474. The van der Waals surface area contributed by atoms with E-state index in [2.05, 4.69) is 58.9 Å². The number of aromatic hydroxyl groups is 1. The topological polar surface area (TPSA) is 47.9 Å². The summed E-state index contributed by atoms with van der Waals surface area (Å²) in [4.78, 5) is 2.16. The number of phenols is 1. The van der Waals surface area contributed by atoms with E-state index < -0.39 is 0 Å². The third kappa shape index (κ3) is 3.26. The van der Waals surface area contributed by atoms with Crippen molar-refractivity contribution in [3.8, 4) is 5.75 Å². The highest BCUT2D eigenvalue weighted by Crippen LogP contribution is 2.37. The fourth-order valence-electron chi connectivity index (χ4n) is 2.88. The first-order chi connectivity index (χ1) is 12.7. The molecule has 0 amide bonds. The van der Waals surface area contributed by atoms with Gasteiger partial charge >= 0.3 is 0 Å². The van der Waals surface area contributed by atoms with Gasteiger partial charge in [-0.2, -0.15) is 5.10 Å². The Morgan fingerprint density at radius 3 is 2.27 bits per heavy atom. The molecular formula is C21H19N3OS. The Labute approximate surface area is 157 Å². The van der Waals surface area contributed by atoms with Crippen LogP contribution >= 0.6 is 11.8 Å². The lowest BCUT2D eigenvalue weighted by Crippen LogP contribution is -2.10. The minimum absolute atomic E-state index is 0.0423. The van der Waals surface area contributed by atoms with Gasteiger partial charge in [-0.15, -0.1) is 0 Å². The van der Waals surface area contributed by atoms with Crippen molar-refractivity contribution in [1.82, 2.24) is 5.43 Å². The van der Waals surface area contributed by atoms with E-state index in [1.165, 1.54) is 0 Å². The first-order valence-electron chi connectivity index (χ1n) is 8.39. The fourth-order valence-corrected chi connectivity index (χ4v) is 3.90. The number of anilines is 2. The zero-order valence-electron chi connectivity index (χ0n) is 14.3. The third-order valence-electron chi connectivity index (χ3n) is 4.37. The second-order valence-corrected chi connectivity index (χ2v) is 7.14. The smallest absolute Gasteiger partial charge is 0.129 e. The van der Waals surface area contributed by atoms with E-state index in [1.54, 1.807) is 17.8 Å². The van der Waals surface area contributed by atoms with Crippen LogP contribution in [0.1, 0.15) is 16.5 Å². The molecule has 0 saturated carbocycles. The summed E-state index contributed by atoms with van der Waals surface area (Å²) in [6.07, 6.45) is 0. The van der Waals surface area contributed by atoms with Gasteiger partial charge in [0.1, 0.15) is 16.2 Å². The summed E-state index contributed by atoms with van der Waals surface area (Å²) in [5.74, 6) is 0.251. The summed E-state index contributed by atoms with van der Waals surface area (Å²) in [6, 6.07) is 26.0. The molecule has 0 aliphatic carbocycles. The average Bonchev–Trinajstić information content (AvgIpc) is 3.18. The van der Waals surface area contributed by atoms with Crippen LogP contribution in [-0.4, -0.2) is 17.2 Å². The van der Waals surface area contributed by atoms with Crippen molar-refractivity contribution in [2.45, 2.75) is 5.37 Å². The van der Waals surface area contributed by atoms with Crippen LogP contribution < -0.4 is 10.3 Å². The quantitative estimate of drug-likeness (QED) is 0.697. The van der Waals surface area contributed by atoms with E-state index in [0.29, 0.717) is 0 Å². The van der Waals surface area contributed by atoms with Gasteiger partial charge in [-0.3, -0.25) is 5.43 Å². The summed E-state index contributed by atoms with van der Waals surface area (Å²) in [7, 11) is 2.06. The van der Waals surface area contributed by atoms with Gasteiger partial charge in [-0.1, -0.05) is 54.2 Å². The minimum atomic E-state index is 0.0423. The van der Waals surface area contributed by atoms with Crippen molar-refractivity contribution in [3.63, 3.8) is 0 Å². The van der Waals surface area contributed by atoms with Crippen LogP contribution in [0.4, 0.5) is 11.4 Å². The van der Waals surface area contributed by atoms with E-state index in [4.69, 9.17) is 0 Å². The van der Waals surface area contributed by atoms with Crippen molar-refractivity contribution in [2.75, 3.05) is 11.9 Å². The van der Waals surface area contributed by atoms with Gasteiger partial charge in [0.2, 0.25) is 0 Å². The first-order valence-corrected chi connectivity index (χ1v) is 9.27. The number of para-hydroxylation sites is 2. The molecule has 1 heterocycles. The Balaban J connectivity index is 1.48. The molecule has 3 aromatic rings. The summed E-state index contributed by atoms with van der Waals surface area (Å²) < 4.78 is 0. The molecule has 130 valence electrons. The Bertz CT molecular complexity index is 926. The van der Waals surface area contributed by atoms with Crippen molar-refractivity contribution < 1.29 is 5.11 Å². The molecule has 26 heavy (non-hydrogen) atoms. The van der Waals surface area contributed by atoms with Gasteiger partial charge in [0.25, 0.3) is 0 Å². The molecule has 0 unspecified atom stereocenters. The van der Waals surface area contributed by atoms with Gasteiger partial charge in [0, 0.05) is 18.4 Å². The van der Waals surface area contributed by atoms with Crippen LogP contribution in [0.5, 0.6) is 5.75 Å². The predicted octanol–water partition coefficient (Wildman–Crippen LogP) is 4.86. The molecule has 1 atom stereocenters. The Morgan fingerprint density at radius 1 is 0.885 bits per heavy atom. The van der Waals surface area contributed by atoms with Crippen LogP contribution in [0.15, 0.2) is 84.0 Å². The summed E-state index contributed by atoms with van der Waals surface area (Å²) in [5.41, 5.74) is 7.34. The molecule has 1 aliphatic heterocycles. The zero-order valence-corrected chi connectivity index (χ0v) is 15.1. The maximum absolute atomic E-state index is 10.0. The van der Waals surface area contributed by atoms with Crippen molar-refractivity contribution in [2.24, 2.45) is 5.10 Å². The van der Waals surface area contributed by atoms with E-state index in [0.717, 1.165) is 27.5 Å². The molecule has 4 nitrogen and oxygen atoms in total. The van der Waals surface area contributed by atoms with Gasteiger partial charge in [0.05, 0.1) is 5.56 Å². The molecule has 1 aliphatic rings. The fraction of sp³-hybridized carbons (Fsp3) is 0.0952. The molecule has 3 aromatic carbocycles. The Hall–Kier alpha value is -2.92. The highest BCUT2D eigenvalue weighted by molar-refractivity contribution is 8.14. The van der Waals surface area contributed by atoms with Crippen molar-refractivity contribution in [1.29, 1.82) is 0 Å². The second kappa shape index (κ2) is 7.14. The highest BCUT2D eigenvalue weighted by Gasteiger charge is 2.23. The summed E-state index contributed by atoms with van der Waals surface area (Å²) >= 11 is 1.61. The summed E-state index contributed by atoms with van der Waals surface area (Å²) in [6.45, 7) is 0. The number of rotatable bonds is 4. The third-order valence-corrected chi connectivity index (χ3v) is 5.52. The molecule has 0 saturated heterocycles. The number of phenolic OH excluding ortho intramolecular Hbond substituents is 1. The SMILES string of the molecule is CN(c1ccccc1)c1ccc([C@H]2NN=C(c3ccccc3O)S2)cc1. The zero-order chi connectivity index (χ0) is 17.9. The first kappa shape index (κ1) is 16.5. The molecule has 4 rings (SSSR count). The standard InChI is InChI=1S/C21H19N3OS/c1-24(16-7-3-2-4-8-16)17-13-11-15(12-14-17)20-22-23-21(26-20)18-9-5-6-10-19(18)25/h2-14,20,22,25H,1H3/t20-/m0/s1. The van der Waals surface area contributed by atoms with E-state index in [9.17, 15) is 5.11 Å². The number of hydrogen-bond donors (Lipinski definition) is 2. The van der Waals surface area contributed by atoms with E-state index >= 15 is 0 Å². The summed E-state index contributed by atoms with van der Waals surface area (Å²) in [5, 5.41) is 15.2. The second-order valence-electron chi connectivity index (χ2n) is 6.05. The predicted molar refractivity (Wildman–Crippen MR) is 109 cm³/mol. The number of thioether (sulfide) groups is 1.